The van der Waals surface area contributed by atoms with Gasteiger partial charge in [0.05, 0.1) is 38.2 Å². The van der Waals surface area contributed by atoms with Crippen molar-refractivity contribution >= 4 is 33.0 Å². The zero-order valence-electron chi connectivity index (χ0n) is 15.0. The molecule has 0 saturated carbocycles. The number of piperazine rings is 1. The van der Waals surface area contributed by atoms with E-state index in [1.165, 1.54) is 4.90 Å². The number of hydrogen-bond donors (Lipinski definition) is 2. The molecule has 7 heteroatoms. The number of quaternary nitrogens is 1. The molecule has 0 aromatic heterocycles. The second kappa shape index (κ2) is 8.05. The van der Waals surface area contributed by atoms with E-state index in [4.69, 9.17) is 0 Å². The van der Waals surface area contributed by atoms with E-state index in [1.54, 1.807) is 6.07 Å². The van der Waals surface area contributed by atoms with Gasteiger partial charge in [0, 0.05) is 22.3 Å². The molecule has 0 aliphatic carbocycles. The molecule has 138 valence electrons. The van der Waals surface area contributed by atoms with E-state index in [1.807, 2.05) is 43.3 Å². The fourth-order valence-corrected chi connectivity index (χ4v) is 3.47. The summed E-state index contributed by atoms with van der Waals surface area (Å²) in [4.78, 5) is 14.9. The summed E-state index contributed by atoms with van der Waals surface area (Å²) in [5.74, 6) is 0. The van der Waals surface area contributed by atoms with Gasteiger partial charge in [-0.2, -0.15) is 0 Å². The highest BCUT2D eigenvalue weighted by atomic mass is 79.9. The van der Waals surface area contributed by atoms with Gasteiger partial charge in [0.25, 0.3) is 5.69 Å². The molecule has 6 nitrogen and oxygen atoms in total. The Morgan fingerprint density at radius 1 is 1.19 bits per heavy atom. The van der Waals surface area contributed by atoms with E-state index in [0.29, 0.717) is 5.69 Å². The van der Waals surface area contributed by atoms with Crippen molar-refractivity contribution in [3.05, 3.63) is 62.6 Å². The Balaban J connectivity index is 1.84. The third-order valence-corrected chi connectivity index (χ3v) is 5.43. The van der Waals surface area contributed by atoms with E-state index in [-0.39, 0.29) is 16.7 Å². The fourth-order valence-electron chi connectivity index (χ4n) is 3.21. The molecule has 2 aromatic rings. The number of nitrogens with zero attached hydrogens (tertiary/aromatic N) is 2. The lowest BCUT2D eigenvalue weighted by atomic mass is 10.1. The molecule has 1 aliphatic rings. The molecule has 26 heavy (non-hydrogen) atoms. The van der Waals surface area contributed by atoms with Crippen LogP contribution in [-0.2, 0) is 0 Å². The maximum Gasteiger partial charge on any atom is 0.292 e. The Morgan fingerprint density at radius 3 is 2.46 bits per heavy atom. The number of halogens is 1. The first-order valence-electron chi connectivity index (χ1n) is 8.81. The standard InChI is InChI=1S/C19H23BrN4O2/c1-14(15-3-5-16(20)6-4-15)21-18-13-17(7-8-19(18)24(25)26)23-11-9-22(2)10-12-23/h3-8,13-14,21H,9-12H2,1-2H3/p+1/t14-/m1/s1. The van der Waals surface area contributed by atoms with E-state index in [9.17, 15) is 10.1 Å². The minimum absolute atomic E-state index is 0.0333. The predicted molar refractivity (Wildman–Crippen MR) is 108 cm³/mol. The van der Waals surface area contributed by atoms with Gasteiger partial charge in [0.2, 0.25) is 0 Å². The quantitative estimate of drug-likeness (QED) is 0.577. The van der Waals surface area contributed by atoms with Crippen LogP contribution in [0.4, 0.5) is 17.1 Å². The van der Waals surface area contributed by atoms with E-state index in [2.05, 4.69) is 33.2 Å². The highest BCUT2D eigenvalue weighted by Gasteiger charge is 2.21. The van der Waals surface area contributed by atoms with Gasteiger partial charge in [-0.15, -0.1) is 0 Å². The van der Waals surface area contributed by atoms with Crippen LogP contribution in [0.5, 0.6) is 0 Å². The van der Waals surface area contributed by atoms with Gasteiger partial charge in [0.1, 0.15) is 5.69 Å². The van der Waals surface area contributed by atoms with Gasteiger partial charge >= 0.3 is 0 Å². The van der Waals surface area contributed by atoms with E-state index in [0.717, 1.165) is 41.9 Å². The largest absolute Gasteiger partial charge is 0.373 e. The molecule has 0 amide bonds. The Kier molecular flexibility index (Phi) is 5.78. The van der Waals surface area contributed by atoms with Crippen LogP contribution >= 0.6 is 15.9 Å². The van der Waals surface area contributed by atoms with Crippen LogP contribution in [-0.4, -0.2) is 38.2 Å². The average molecular weight is 420 g/mol. The number of benzene rings is 2. The number of hydrogen-bond acceptors (Lipinski definition) is 4. The first-order chi connectivity index (χ1) is 12.4. The molecule has 0 bridgehead atoms. The first-order valence-corrected chi connectivity index (χ1v) is 9.60. The molecule has 0 spiro atoms. The summed E-state index contributed by atoms with van der Waals surface area (Å²) in [6, 6.07) is 13.3. The normalized spacial score (nSPS) is 16.3. The van der Waals surface area contributed by atoms with Gasteiger partial charge in [-0.25, -0.2) is 0 Å². The third-order valence-electron chi connectivity index (χ3n) is 4.90. The Bertz CT molecular complexity index is 774. The Hall–Kier alpha value is -2.12. The summed E-state index contributed by atoms with van der Waals surface area (Å²) in [5.41, 5.74) is 2.79. The summed E-state index contributed by atoms with van der Waals surface area (Å²) in [5, 5.41) is 14.8. The molecular formula is C19H24BrN4O2+. The van der Waals surface area contributed by atoms with Crippen molar-refractivity contribution in [1.29, 1.82) is 0 Å². The number of nitro groups is 1. The molecule has 1 aliphatic heterocycles. The van der Waals surface area contributed by atoms with Gasteiger partial charge in [-0.3, -0.25) is 10.1 Å². The van der Waals surface area contributed by atoms with Gasteiger partial charge < -0.3 is 15.1 Å². The second-order valence-electron chi connectivity index (χ2n) is 6.82. The highest BCUT2D eigenvalue weighted by Crippen LogP contribution is 2.32. The van der Waals surface area contributed by atoms with Crippen LogP contribution in [0.2, 0.25) is 0 Å². The van der Waals surface area contributed by atoms with Crippen molar-refractivity contribution in [2.24, 2.45) is 0 Å². The zero-order chi connectivity index (χ0) is 18.7. The zero-order valence-corrected chi connectivity index (χ0v) is 16.6. The van der Waals surface area contributed by atoms with Crippen LogP contribution in [0.1, 0.15) is 18.5 Å². The summed E-state index contributed by atoms with van der Waals surface area (Å²) in [6.45, 7) is 6.10. The van der Waals surface area contributed by atoms with Crippen molar-refractivity contribution in [2.75, 3.05) is 43.4 Å². The van der Waals surface area contributed by atoms with Crippen molar-refractivity contribution in [3.63, 3.8) is 0 Å². The van der Waals surface area contributed by atoms with Crippen LogP contribution in [0, 0.1) is 10.1 Å². The maximum absolute atomic E-state index is 11.5. The van der Waals surface area contributed by atoms with Crippen LogP contribution in [0.3, 0.4) is 0 Å². The van der Waals surface area contributed by atoms with Crippen LogP contribution in [0.15, 0.2) is 46.9 Å². The number of nitro benzene ring substituents is 1. The predicted octanol–water partition coefficient (Wildman–Crippen LogP) is 2.87. The molecule has 3 rings (SSSR count). The Labute approximate surface area is 162 Å². The lowest BCUT2D eigenvalue weighted by Gasteiger charge is -2.32. The SMILES string of the molecule is C[C@@H](Nc1cc(N2CC[NH+](C)CC2)ccc1[N+](=O)[O-])c1ccc(Br)cc1. The van der Waals surface area contributed by atoms with E-state index < -0.39 is 0 Å². The van der Waals surface area contributed by atoms with Gasteiger partial charge in [0.15, 0.2) is 0 Å². The summed E-state index contributed by atoms with van der Waals surface area (Å²) < 4.78 is 1.01. The topological polar surface area (TPSA) is 62.8 Å². The third kappa shape index (κ3) is 4.34. The molecule has 2 N–H and O–H groups in total. The van der Waals surface area contributed by atoms with E-state index >= 15 is 0 Å². The highest BCUT2D eigenvalue weighted by molar-refractivity contribution is 9.10. The number of nitrogens with one attached hydrogen (secondary N) is 2. The molecule has 0 unspecified atom stereocenters. The minimum Gasteiger partial charge on any atom is -0.373 e. The molecule has 0 radical (unpaired) electrons. The maximum atomic E-state index is 11.5. The number of likely N-dealkylation sites (N-methyl/N-ethyl adjacent to an activating group) is 1. The van der Waals surface area contributed by atoms with Crippen LogP contribution < -0.4 is 15.1 Å². The molecular weight excluding hydrogens is 396 g/mol. The average Bonchev–Trinajstić information content (AvgIpc) is 2.62. The lowest BCUT2D eigenvalue weighted by Crippen LogP contribution is -3.12. The first kappa shape index (κ1) is 18.7. The van der Waals surface area contributed by atoms with Crippen LogP contribution in [0.25, 0.3) is 0 Å². The summed E-state index contributed by atoms with van der Waals surface area (Å²) >= 11 is 3.43. The molecule has 1 atom stereocenters. The monoisotopic (exact) mass is 419 g/mol. The van der Waals surface area contributed by atoms with Crippen molar-refractivity contribution < 1.29 is 9.82 Å². The minimum atomic E-state index is -0.325. The van der Waals surface area contributed by atoms with Gasteiger partial charge in [-0.05, 0) is 36.8 Å². The number of anilines is 2. The fraction of sp³-hybridized carbons (Fsp3) is 0.368. The molecule has 1 saturated heterocycles. The van der Waals surface area contributed by atoms with Gasteiger partial charge in [-0.1, -0.05) is 28.1 Å². The van der Waals surface area contributed by atoms with Crippen molar-refractivity contribution in [1.82, 2.24) is 0 Å². The Morgan fingerprint density at radius 2 is 1.85 bits per heavy atom. The van der Waals surface area contributed by atoms with Crippen molar-refractivity contribution in [3.8, 4) is 0 Å². The molecule has 1 heterocycles. The second-order valence-corrected chi connectivity index (χ2v) is 7.74. The number of rotatable bonds is 5. The molecule has 2 aromatic carbocycles. The smallest absolute Gasteiger partial charge is 0.292 e. The van der Waals surface area contributed by atoms with Crippen molar-refractivity contribution in [2.45, 2.75) is 13.0 Å². The molecule has 1 fully saturated rings. The lowest BCUT2D eigenvalue weighted by molar-refractivity contribution is -0.880. The summed E-state index contributed by atoms with van der Waals surface area (Å²) in [7, 11) is 2.19. The summed E-state index contributed by atoms with van der Waals surface area (Å²) in [6.07, 6.45) is 0.